The fourth-order valence-corrected chi connectivity index (χ4v) is 1.61. The van der Waals surface area contributed by atoms with Crippen LogP contribution in [0.1, 0.15) is 20.8 Å². The van der Waals surface area contributed by atoms with Gasteiger partial charge in [0.25, 0.3) is 0 Å². The van der Waals surface area contributed by atoms with Gasteiger partial charge in [-0.3, -0.25) is 0 Å². The molecule has 0 heterocycles. The van der Waals surface area contributed by atoms with Crippen LogP contribution in [0.5, 0.6) is 0 Å². The lowest BCUT2D eigenvalue weighted by molar-refractivity contribution is 0.0377. The Morgan fingerprint density at radius 3 is 2.07 bits per heavy atom. The van der Waals surface area contributed by atoms with Crippen LogP contribution in [0.4, 0.5) is 0 Å². The first-order valence-corrected chi connectivity index (χ1v) is 5.95. The van der Waals surface area contributed by atoms with Gasteiger partial charge in [0.1, 0.15) is 0 Å². The highest BCUT2D eigenvalue weighted by Gasteiger charge is 2.09. The minimum absolute atomic E-state index is 0.0832. The number of thioether (sulfide) groups is 1. The van der Waals surface area contributed by atoms with Gasteiger partial charge in [0.05, 0.1) is 33.0 Å². The van der Waals surface area contributed by atoms with Gasteiger partial charge in [0.15, 0.2) is 0 Å². The largest absolute Gasteiger partial charge is 0.394 e. The van der Waals surface area contributed by atoms with Crippen LogP contribution in [0.3, 0.4) is 0 Å². The molecule has 0 atom stereocenters. The predicted molar refractivity (Wildman–Crippen MR) is 60.9 cm³/mol. The highest BCUT2D eigenvalue weighted by molar-refractivity contribution is 8.00. The van der Waals surface area contributed by atoms with Crippen molar-refractivity contribution in [3.8, 4) is 0 Å². The summed E-state index contributed by atoms with van der Waals surface area (Å²) in [4.78, 5) is 0. The van der Waals surface area contributed by atoms with E-state index in [2.05, 4.69) is 20.8 Å². The van der Waals surface area contributed by atoms with E-state index in [1.165, 1.54) is 0 Å². The van der Waals surface area contributed by atoms with E-state index in [1.54, 1.807) is 0 Å². The lowest BCUT2D eigenvalue weighted by Crippen LogP contribution is -2.12. The standard InChI is InChI=1S/C10H22O3S/c1-10(2,3)14-9-8-13-7-6-12-5-4-11/h11H,4-9H2,1-3H3. The maximum atomic E-state index is 8.43. The molecule has 86 valence electrons. The van der Waals surface area contributed by atoms with Crippen molar-refractivity contribution in [3.05, 3.63) is 0 Å². The summed E-state index contributed by atoms with van der Waals surface area (Å²) in [6.45, 7) is 9.03. The molecule has 4 heteroatoms. The number of ether oxygens (including phenoxy) is 2. The molecule has 0 rings (SSSR count). The molecule has 0 saturated heterocycles. The number of hydrogen-bond donors (Lipinski definition) is 1. The monoisotopic (exact) mass is 222 g/mol. The molecule has 0 saturated carbocycles. The zero-order valence-corrected chi connectivity index (χ0v) is 10.2. The maximum Gasteiger partial charge on any atom is 0.0701 e. The van der Waals surface area contributed by atoms with Crippen LogP contribution < -0.4 is 0 Å². The van der Waals surface area contributed by atoms with Gasteiger partial charge in [-0.1, -0.05) is 20.8 Å². The number of aliphatic hydroxyl groups excluding tert-OH is 1. The fourth-order valence-electron chi connectivity index (χ4n) is 0.793. The molecule has 3 nitrogen and oxygen atoms in total. The van der Waals surface area contributed by atoms with Crippen molar-refractivity contribution in [1.29, 1.82) is 0 Å². The fraction of sp³-hybridized carbons (Fsp3) is 1.00. The molecule has 0 aliphatic rings. The van der Waals surface area contributed by atoms with Crippen LogP contribution in [0.25, 0.3) is 0 Å². The summed E-state index contributed by atoms with van der Waals surface area (Å²) >= 11 is 1.90. The molecular formula is C10H22O3S. The Kier molecular flexibility index (Phi) is 8.67. The molecule has 0 aromatic rings. The van der Waals surface area contributed by atoms with E-state index in [-0.39, 0.29) is 6.61 Å². The molecule has 0 fully saturated rings. The lowest BCUT2D eigenvalue weighted by Gasteiger charge is -2.17. The van der Waals surface area contributed by atoms with Gasteiger partial charge in [-0.25, -0.2) is 0 Å². The molecule has 0 amide bonds. The first kappa shape index (κ1) is 14.2. The van der Waals surface area contributed by atoms with E-state index in [0.29, 0.717) is 24.6 Å². The minimum Gasteiger partial charge on any atom is -0.394 e. The van der Waals surface area contributed by atoms with E-state index in [0.717, 1.165) is 12.4 Å². The summed E-state index contributed by atoms with van der Waals surface area (Å²) in [6, 6.07) is 0. The second-order valence-electron chi connectivity index (χ2n) is 3.91. The average Bonchev–Trinajstić information content (AvgIpc) is 2.08. The van der Waals surface area contributed by atoms with Gasteiger partial charge in [0.2, 0.25) is 0 Å². The van der Waals surface area contributed by atoms with Crippen LogP contribution in [-0.2, 0) is 9.47 Å². The summed E-state index contributed by atoms with van der Waals surface area (Å²) in [5, 5.41) is 8.43. The van der Waals surface area contributed by atoms with Gasteiger partial charge in [0, 0.05) is 10.5 Å². The first-order valence-electron chi connectivity index (χ1n) is 4.96. The Hall–Kier alpha value is 0.230. The van der Waals surface area contributed by atoms with E-state index in [4.69, 9.17) is 14.6 Å². The molecular weight excluding hydrogens is 200 g/mol. The van der Waals surface area contributed by atoms with Crippen LogP contribution in [0.2, 0.25) is 0 Å². The third-order valence-corrected chi connectivity index (χ3v) is 2.61. The van der Waals surface area contributed by atoms with Crippen molar-refractivity contribution in [2.75, 3.05) is 38.8 Å². The summed E-state index contributed by atoms with van der Waals surface area (Å²) in [6.07, 6.45) is 0. The highest BCUT2D eigenvalue weighted by Crippen LogP contribution is 2.22. The van der Waals surface area contributed by atoms with E-state index >= 15 is 0 Å². The van der Waals surface area contributed by atoms with E-state index < -0.39 is 0 Å². The molecule has 0 aliphatic heterocycles. The number of rotatable bonds is 8. The average molecular weight is 222 g/mol. The Morgan fingerprint density at radius 2 is 1.57 bits per heavy atom. The molecule has 0 aromatic heterocycles. The van der Waals surface area contributed by atoms with Gasteiger partial charge in [-0.05, 0) is 0 Å². The van der Waals surface area contributed by atoms with Crippen LogP contribution in [0, 0.1) is 0 Å². The third kappa shape index (κ3) is 12.2. The van der Waals surface area contributed by atoms with Crippen LogP contribution in [-0.4, -0.2) is 48.6 Å². The van der Waals surface area contributed by atoms with E-state index in [1.807, 2.05) is 11.8 Å². The molecule has 0 aromatic carbocycles. The Balaban J connectivity index is 2.99. The first-order chi connectivity index (χ1) is 6.56. The lowest BCUT2D eigenvalue weighted by atomic mass is 10.3. The molecule has 0 aliphatic carbocycles. The molecule has 0 radical (unpaired) electrons. The van der Waals surface area contributed by atoms with Crippen LogP contribution in [0.15, 0.2) is 0 Å². The Bertz CT molecular complexity index is 123. The smallest absolute Gasteiger partial charge is 0.0701 e. The topological polar surface area (TPSA) is 38.7 Å². The summed E-state index contributed by atoms with van der Waals surface area (Å²) < 4.78 is 10.7. The predicted octanol–water partition coefficient (Wildman–Crippen LogP) is 1.54. The molecule has 0 unspecified atom stereocenters. The van der Waals surface area contributed by atoms with Crippen molar-refractivity contribution in [2.24, 2.45) is 0 Å². The second kappa shape index (κ2) is 8.53. The second-order valence-corrected chi connectivity index (χ2v) is 5.83. The molecule has 14 heavy (non-hydrogen) atoms. The van der Waals surface area contributed by atoms with Crippen molar-refractivity contribution in [3.63, 3.8) is 0 Å². The number of hydrogen-bond acceptors (Lipinski definition) is 4. The zero-order valence-electron chi connectivity index (χ0n) is 9.41. The normalized spacial score (nSPS) is 12.0. The van der Waals surface area contributed by atoms with Gasteiger partial charge in [-0.15, -0.1) is 0 Å². The van der Waals surface area contributed by atoms with Gasteiger partial charge >= 0.3 is 0 Å². The molecule has 0 spiro atoms. The Labute approximate surface area is 91.2 Å². The third-order valence-electron chi connectivity index (χ3n) is 1.37. The van der Waals surface area contributed by atoms with Crippen molar-refractivity contribution in [2.45, 2.75) is 25.5 Å². The highest BCUT2D eigenvalue weighted by atomic mass is 32.2. The van der Waals surface area contributed by atoms with Crippen molar-refractivity contribution < 1.29 is 14.6 Å². The van der Waals surface area contributed by atoms with Crippen LogP contribution >= 0.6 is 11.8 Å². The summed E-state index contributed by atoms with van der Waals surface area (Å²) in [7, 11) is 0. The van der Waals surface area contributed by atoms with E-state index in [9.17, 15) is 0 Å². The summed E-state index contributed by atoms with van der Waals surface area (Å²) in [5.74, 6) is 1.02. The number of aliphatic hydroxyl groups is 1. The SMILES string of the molecule is CC(C)(C)SCCOCCOCCO. The molecule has 1 N–H and O–H groups in total. The summed E-state index contributed by atoms with van der Waals surface area (Å²) in [5.41, 5.74) is 0. The van der Waals surface area contributed by atoms with Crippen molar-refractivity contribution in [1.82, 2.24) is 0 Å². The molecule has 0 bridgehead atoms. The van der Waals surface area contributed by atoms with Gasteiger partial charge in [-0.2, -0.15) is 11.8 Å². The van der Waals surface area contributed by atoms with Crippen molar-refractivity contribution >= 4 is 11.8 Å². The quantitative estimate of drug-likeness (QED) is 0.632. The maximum absolute atomic E-state index is 8.43. The Morgan fingerprint density at radius 1 is 1.00 bits per heavy atom. The van der Waals surface area contributed by atoms with Gasteiger partial charge < -0.3 is 14.6 Å². The minimum atomic E-state index is 0.0832. The zero-order chi connectivity index (χ0) is 10.9.